The quantitative estimate of drug-likeness (QED) is 0.858. The zero-order valence-electron chi connectivity index (χ0n) is 8.88. The number of H-pyrrole nitrogens is 1. The van der Waals surface area contributed by atoms with Crippen molar-refractivity contribution in [1.29, 1.82) is 0 Å². The minimum Gasteiger partial charge on any atom is -0.248 e. The molecule has 10 heteroatoms. The molecule has 0 fully saturated rings. The lowest BCUT2D eigenvalue weighted by molar-refractivity contribution is 0.602. The summed E-state index contributed by atoms with van der Waals surface area (Å²) in [6, 6.07) is 0. The van der Waals surface area contributed by atoms with Crippen LogP contribution in [0.15, 0.2) is 5.16 Å². The highest BCUT2D eigenvalue weighted by Crippen LogP contribution is 2.28. The van der Waals surface area contributed by atoms with E-state index in [0.717, 1.165) is 17.2 Å². The molecule has 1 N–H and O–H groups in total. The van der Waals surface area contributed by atoms with Crippen molar-refractivity contribution in [2.45, 2.75) is 24.9 Å². The molecule has 2 aromatic rings. The van der Waals surface area contributed by atoms with Crippen molar-refractivity contribution >= 4 is 31.3 Å². The molecule has 0 spiro atoms. The number of aromatic amines is 1. The third-order valence-electron chi connectivity index (χ3n) is 1.96. The van der Waals surface area contributed by atoms with Gasteiger partial charge >= 0.3 is 0 Å². The second-order valence-corrected chi connectivity index (χ2v) is 6.78. The molecule has 0 aliphatic carbocycles. The van der Waals surface area contributed by atoms with E-state index in [9.17, 15) is 8.42 Å². The molecule has 0 radical (unpaired) electrons. The van der Waals surface area contributed by atoms with E-state index < -0.39 is 9.05 Å². The fraction of sp³-hybridized carbons (Fsp3) is 0.429. The van der Waals surface area contributed by atoms with E-state index in [1.54, 1.807) is 0 Å². The largest absolute Gasteiger partial charge is 0.296 e. The Morgan fingerprint density at radius 3 is 2.65 bits per heavy atom. The molecule has 0 amide bonds. The van der Waals surface area contributed by atoms with Crippen molar-refractivity contribution in [1.82, 2.24) is 24.8 Å². The van der Waals surface area contributed by atoms with Crippen molar-refractivity contribution in [2.24, 2.45) is 0 Å². The number of hydrogen-bond acceptors (Lipinski definition) is 7. The van der Waals surface area contributed by atoms with Gasteiger partial charge in [-0.05, 0) is 17.5 Å². The fourth-order valence-electron chi connectivity index (χ4n) is 1.19. The van der Waals surface area contributed by atoms with E-state index >= 15 is 0 Å². The third kappa shape index (κ3) is 2.45. The lowest BCUT2D eigenvalue weighted by Crippen LogP contribution is -1.93. The predicted molar refractivity (Wildman–Crippen MR) is 62.4 cm³/mol. The summed E-state index contributed by atoms with van der Waals surface area (Å²) in [5.74, 6) is 0.390. The van der Waals surface area contributed by atoms with Gasteiger partial charge < -0.3 is 0 Å². The first-order valence-corrected chi connectivity index (χ1v) is 7.67. The molecule has 0 saturated heterocycles. The molecule has 2 heterocycles. The fourth-order valence-corrected chi connectivity index (χ4v) is 2.50. The molecule has 7 nitrogen and oxygen atoms in total. The summed E-state index contributed by atoms with van der Waals surface area (Å²) in [5.41, 5.74) is 0.729. The molecule has 0 saturated carbocycles. The van der Waals surface area contributed by atoms with Crippen LogP contribution >= 0.6 is 22.2 Å². The van der Waals surface area contributed by atoms with Crippen LogP contribution in [0.3, 0.4) is 0 Å². The van der Waals surface area contributed by atoms with Gasteiger partial charge in [-0.1, -0.05) is 18.3 Å². The maximum atomic E-state index is 11.0. The zero-order chi connectivity index (χ0) is 12.6. The predicted octanol–water partition coefficient (Wildman–Crippen LogP) is 1.37. The summed E-state index contributed by atoms with van der Waals surface area (Å²) in [6.07, 6.45) is 0. The van der Waals surface area contributed by atoms with Crippen molar-refractivity contribution in [3.8, 4) is 10.7 Å². The summed E-state index contributed by atoms with van der Waals surface area (Å²) in [5, 5.41) is 9.65. The zero-order valence-corrected chi connectivity index (χ0v) is 11.3. The number of nitrogens with zero attached hydrogens (tertiary/aromatic N) is 4. The average Bonchev–Trinajstić information content (AvgIpc) is 2.85. The Labute approximate surface area is 106 Å². The van der Waals surface area contributed by atoms with Crippen molar-refractivity contribution in [2.75, 3.05) is 0 Å². The number of rotatable bonds is 3. The molecule has 17 heavy (non-hydrogen) atoms. The van der Waals surface area contributed by atoms with Gasteiger partial charge in [0, 0.05) is 10.7 Å². The van der Waals surface area contributed by atoms with E-state index in [2.05, 4.69) is 24.8 Å². The van der Waals surface area contributed by atoms with Crippen LogP contribution in [0.2, 0.25) is 0 Å². The lowest BCUT2D eigenvalue weighted by Gasteiger charge is -1.99. The van der Waals surface area contributed by atoms with Crippen LogP contribution in [0.25, 0.3) is 10.7 Å². The third-order valence-corrected chi connectivity index (χ3v) is 3.78. The van der Waals surface area contributed by atoms with Crippen molar-refractivity contribution < 1.29 is 8.42 Å². The van der Waals surface area contributed by atoms with E-state index in [0.29, 0.717) is 4.88 Å². The highest BCUT2D eigenvalue weighted by molar-refractivity contribution is 8.13. The highest BCUT2D eigenvalue weighted by atomic mass is 35.7. The molecule has 0 bridgehead atoms. The Hall–Kier alpha value is -1.06. The summed E-state index contributed by atoms with van der Waals surface area (Å²) >= 11 is 1.11. The van der Waals surface area contributed by atoms with Gasteiger partial charge in [0.25, 0.3) is 14.2 Å². The Balaban J connectivity index is 2.48. The van der Waals surface area contributed by atoms with Gasteiger partial charge in [0.1, 0.15) is 4.88 Å². The summed E-state index contributed by atoms with van der Waals surface area (Å²) in [7, 11) is 1.25. The van der Waals surface area contributed by atoms with Crippen molar-refractivity contribution in [3.05, 3.63) is 5.69 Å². The maximum Gasteiger partial charge on any atom is 0.296 e. The molecule has 2 rings (SSSR count). The first-order valence-electron chi connectivity index (χ1n) is 4.59. The average molecular weight is 294 g/mol. The van der Waals surface area contributed by atoms with E-state index in [1.165, 1.54) is 0 Å². The number of halogens is 1. The first-order chi connectivity index (χ1) is 7.89. The van der Waals surface area contributed by atoms with Gasteiger partial charge in [-0.2, -0.15) is 10.1 Å². The topological polar surface area (TPSA) is 101 Å². The van der Waals surface area contributed by atoms with Crippen LogP contribution in [-0.4, -0.2) is 33.2 Å². The molecular weight excluding hydrogens is 286 g/mol. The van der Waals surface area contributed by atoms with Gasteiger partial charge in [-0.25, -0.2) is 13.5 Å². The van der Waals surface area contributed by atoms with Crippen LogP contribution in [0.5, 0.6) is 0 Å². The van der Waals surface area contributed by atoms with Gasteiger partial charge in [0.15, 0.2) is 5.82 Å². The van der Waals surface area contributed by atoms with Gasteiger partial charge in [0.2, 0.25) is 0 Å². The number of aromatic nitrogens is 5. The molecule has 0 aromatic carbocycles. The summed E-state index contributed by atoms with van der Waals surface area (Å²) < 4.78 is 25.9. The molecular formula is C7H8ClN5O2S2. The molecule has 92 valence electrons. The molecule has 0 unspecified atom stereocenters. The monoisotopic (exact) mass is 293 g/mol. The van der Waals surface area contributed by atoms with E-state index in [1.807, 2.05) is 13.8 Å². The Kier molecular flexibility index (Phi) is 3.15. The van der Waals surface area contributed by atoms with E-state index in [-0.39, 0.29) is 16.9 Å². The Morgan fingerprint density at radius 2 is 2.12 bits per heavy atom. The Bertz CT molecular complexity index is 632. The number of hydrogen-bond donors (Lipinski definition) is 1. The molecule has 0 aliphatic heterocycles. The minimum atomic E-state index is -3.90. The SMILES string of the molecule is CC(C)c1nnsc1-c1n[nH]c(S(=O)(=O)Cl)n1. The lowest BCUT2D eigenvalue weighted by atomic mass is 10.1. The second-order valence-electron chi connectivity index (χ2n) is 3.54. The van der Waals surface area contributed by atoms with Crippen LogP contribution < -0.4 is 0 Å². The molecule has 2 aromatic heterocycles. The molecule has 0 atom stereocenters. The second kappa shape index (κ2) is 4.31. The number of nitrogens with one attached hydrogen (secondary N) is 1. The smallest absolute Gasteiger partial charge is 0.248 e. The first kappa shape index (κ1) is 12.4. The van der Waals surface area contributed by atoms with Crippen LogP contribution in [0, 0.1) is 0 Å². The summed E-state index contributed by atoms with van der Waals surface area (Å²) in [4.78, 5) is 4.45. The molecule has 0 aliphatic rings. The van der Waals surface area contributed by atoms with Crippen LogP contribution in [0.4, 0.5) is 0 Å². The van der Waals surface area contributed by atoms with Gasteiger partial charge in [-0.15, -0.1) is 5.10 Å². The van der Waals surface area contributed by atoms with Gasteiger partial charge in [0.05, 0.1) is 5.69 Å². The van der Waals surface area contributed by atoms with Crippen molar-refractivity contribution in [3.63, 3.8) is 0 Å². The highest BCUT2D eigenvalue weighted by Gasteiger charge is 2.21. The van der Waals surface area contributed by atoms with Crippen LogP contribution in [-0.2, 0) is 9.05 Å². The standard InChI is InChI=1S/C7H8ClN5O2S2/c1-3(2)4-5(16-13-10-4)6-9-7(12-11-6)17(8,14)15/h3H,1-2H3,(H,9,11,12). The van der Waals surface area contributed by atoms with Crippen LogP contribution in [0.1, 0.15) is 25.5 Å². The van der Waals surface area contributed by atoms with E-state index in [4.69, 9.17) is 10.7 Å². The van der Waals surface area contributed by atoms with Gasteiger partial charge in [-0.3, -0.25) is 0 Å². The normalized spacial score (nSPS) is 12.2. The summed E-state index contributed by atoms with van der Waals surface area (Å²) in [6.45, 7) is 3.90. The Morgan fingerprint density at radius 1 is 1.41 bits per heavy atom. The minimum absolute atomic E-state index is 0.151. The maximum absolute atomic E-state index is 11.0.